The van der Waals surface area contributed by atoms with Crippen LogP contribution in [0.25, 0.3) is 0 Å². The molecule has 0 spiro atoms. The molecule has 1 unspecified atom stereocenters. The molecule has 1 aliphatic heterocycles. The number of nitrogens with two attached hydrogens (primary N) is 1. The van der Waals surface area contributed by atoms with Crippen molar-refractivity contribution in [3.8, 4) is 0 Å². The van der Waals surface area contributed by atoms with Crippen LogP contribution >= 0.6 is 0 Å². The first kappa shape index (κ1) is 16.9. The molecule has 0 radical (unpaired) electrons. The highest BCUT2D eigenvalue weighted by atomic mass is 16.4. The Morgan fingerprint density at radius 1 is 1.23 bits per heavy atom. The van der Waals surface area contributed by atoms with Gasteiger partial charge in [-0.25, -0.2) is 0 Å². The van der Waals surface area contributed by atoms with E-state index in [0.717, 1.165) is 44.7 Å². The quantitative estimate of drug-likeness (QED) is 0.795. The lowest BCUT2D eigenvalue weighted by Crippen LogP contribution is -2.45. The molecule has 22 heavy (non-hydrogen) atoms. The lowest BCUT2D eigenvalue weighted by atomic mass is 10.0. The third kappa shape index (κ3) is 5.40. The molecule has 0 aromatic heterocycles. The van der Waals surface area contributed by atoms with Gasteiger partial charge in [-0.1, -0.05) is 24.3 Å². The van der Waals surface area contributed by atoms with Gasteiger partial charge in [0.05, 0.1) is 0 Å². The molecule has 0 bridgehead atoms. The number of nitrogens with zero attached hydrogens (tertiary/aromatic N) is 2. The molecule has 0 amide bonds. The van der Waals surface area contributed by atoms with Crippen LogP contribution in [0.3, 0.4) is 0 Å². The highest BCUT2D eigenvalue weighted by Crippen LogP contribution is 2.17. The van der Waals surface area contributed by atoms with Crippen LogP contribution in [0.4, 0.5) is 0 Å². The van der Waals surface area contributed by atoms with Gasteiger partial charge in [0.25, 0.3) is 0 Å². The topological polar surface area (TPSA) is 69.8 Å². The van der Waals surface area contributed by atoms with Crippen LogP contribution < -0.4 is 5.73 Å². The third-order valence-corrected chi connectivity index (χ3v) is 4.39. The Hall–Kier alpha value is -1.43. The smallest absolute Gasteiger partial charge is 0.303 e. The lowest BCUT2D eigenvalue weighted by molar-refractivity contribution is -0.137. The number of carbonyl (C=O) groups is 1. The first-order valence-corrected chi connectivity index (χ1v) is 8.01. The molecule has 1 aromatic carbocycles. The van der Waals surface area contributed by atoms with Crippen molar-refractivity contribution >= 4 is 5.97 Å². The number of hydrogen-bond acceptors (Lipinski definition) is 4. The number of hydrogen-bond donors (Lipinski definition) is 2. The average Bonchev–Trinajstić information content (AvgIpc) is 2.52. The number of likely N-dealkylation sites (N-methyl/N-ethyl adjacent to an activating group) is 1. The standard InChI is InChI=1S/C17H27N3O2/c1-19-10-12-20(13-11-19)9-8-14-2-4-15(5-3-14)16(18)6-7-17(21)22/h2-5,16H,6-13,18H2,1H3,(H,21,22). The molecule has 2 rings (SSSR count). The summed E-state index contributed by atoms with van der Waals surface area (Å²) in [6.07, 6.45) is 1.65. The summed E-state index contributed by atoms with van der Waals surface area (Å²) in [5, 5.41) is 8.70. The Balaban J connectivity index is 1.77. The van der Waals surface area contributed by atoms with Crippen LogP contribution in [0.1, 0.15) is 30.0 Å². The minimum Gasteiger partial charge on any atom is -0.481 e. The molecule has 1 aromatic rings. The van der Waals surface area contributed by atoms with E-state index >= 15 is 0 Å². The summed E-state index contributed by atoms with van der Waals surface area (Å²) < 4.78 is 0. The van der Waals surface area contributed by atoms with Crippen LogP contribution in [-0.4, -0.2) is 60.6 Å². The largest absolute Gasteiger partial charge is 0.481 e. The van der Waals surface area contributed by atoms with Crippen molar-refractivity contribution in [2.45, 2.75) is 25.3 Å². The summed E-state index contributed by atoms with van der Waals surface area (Å²) in [4.78, 5) is 15.5. The van der Waals surface area contributed by atoms with Crippen molar-refractivity contribution in [3.05, 3.63) is 35.4 Å². The number of rotatable bonds is 7. The van der Waals surface area contributed by atoms with Gasteiger partial charge in [-0.15, -0.1) is 0 Å². The molecule has 1 heterocycles. The number of benzene rings is 1. The predicted octanol–water partition coefficient (Wildman–Crippen LogP) is 1.34. The van der Waals surface area contributed by atoms with Crippen LogP contribution in [-0.2, 0) is 11.2 Å². The fraction of sp³-hybridized carbons (Fsp3) is 0.588. The number of aliphatic carboxylic acids is 1. The second-order valence-electron chi connectivity index (χ2n) is 6.18. The van der Waals surface area contributed by atoms with E-state index in [1.165, 1.54) is 5.56 Å². The zero-order chi connectivity index (χ0) is 15.9. The Bertz CT molecular complexity index is 467. The van der Waals surface area contributed by atoms with E-state index in [-0.39, 0.29) is 12.5 Å². The van der Waals surface area contributed by atoms with Gasteiger partial charge in [0.1, 0.15) is 0 Å². The Morgan fingerprint density at radius 2 is 1.86 bits per heavy atom. The van der Waals surface area contributed by atoms with Gasteiger partial charge in [-0.05, 0) is 31.0 Å². The van der Waals surface area contributed by atoms with E-state index in [1.807, 2.05) is 12.1 Å². The van der Waals surface area contributed by atoms with E-state index in [4.69, 9.17) is 10.8 Å². The van der Waals surface area contributed by atoms with E-state index < -0.39 is 5.97 Å². The first-order valence-electron chi connectivity index (χ1n) is 8.01. The average molecular weight is 305 g/mol. The van der Waals surface area contributed by atoms with E-state index in [1.54, 1.807) is 0 Å². The minimum atomic E-state index is -0.792. The predicted molar refractivity (Wildman–Crippen MR) is 87.9 cm³/mol. The summed E-state index contributed by atoms with van der Waals surface area (Å²) in [6, 6.07) is 8.11. The molecule has 5 nitrogen and oxygen atoms in total. The van der Waals surface area contributed by atoms with Gasteiger partial charge < -0.3 is 20.6 Å². The molecule has 0 aliphatic carbocycles. The van der Waals surface area contributed by atoms with Crippen LogP contribution in [0.5, 0.6) is 0 Å². The fourth-order valence-corrected chi connectivity index (χ4v) is 2.74. The van der Waals surface area contributed by atoms with Gasteiger partial charge in [0.2, 0.25) is 0 Å². The molecular formula is C17H27N3O2. The highest BCUT2D eigenvalue weighted by molar-refractivity contribution is 5.66. The van der Waals surface area contributed by atoms with Crippen molar-refractivity contribution < 1.29 is 9.90 Å². The molecule has 1 atom stereocenters. The molecule has 122 valence electrons. The Labute approximate surface area is 132 Å². The molecule has 5 heteroatoms. The number of piperazine rings is 1. The zero-order valence-electron chi connectivity index (χ0n) is 13.4. The molecule has 3 N–H and O–H groups in total. The Morgan fingerprint density at radius 3 is 2.45 bits per heavy atom. The monoisotopic (exact) mass is 305 g/mol. The van der Waals surface area contributed by atoms with Crippen molar-refractivity contribution in [2.24, 2.45) is 5.73 Å². The highest BCUT2D eigenvalue weighted by Gasteiger charge is 2.13. The van der Waals surface area contributed by atoms with Gasteiger partial charge in [-0.2, -0.15) is 0 Å². The van der Waals surface area contributed by atoms with Gasteiger partial charge in [-0.3, -0.25) is 4.79 Å². The maximum absolute atomic E-state index is 10.6. The van der Waals surface area contributed by atoms with Gasteiger partial charge >= 0.3 is 5.97 Å². The summed E-state index contributed by atoms with van der Waals surface area (Å²) in [5.41, 5.74) is 8.35. The second kappa shape index (κ2) is 8.27. The van der Waals surface area contributed by atoms with Gasteiger partial charge in [0, 0.05) is 45.2 Å². The zero-order valence-corrected chi connectivity index (χ0v) is 13.4. The minimum absolute atomic E-state index is 0.117. The fourth-order valence-electron chi connectivity index (χ4n) is 2.74. The summed E-state index contributed by atoms with van der Waals surface area (Å²) >= 11 is 0. The van der Waals surface area contributed by atoms with Crippen molar-refractivity contribution in [1.29, 1.82) is 0 Å². The third-order valence-electron chi connectivity index (χ3n) is 4.39. The molecular weight excluding hydrogens is 278 g/mol. The molecule has 0 saturated carbocycles. The van der Waals surface area contributed by atoms with Crippen molar-refractivity contribution in [1.82, 2.24) is 9.80 Å². The number of carboxylic acids is 1. The Kier molecular flexibility index (Phi) is 6.36. The maximum Gasteiger partial charge on any atom is 0.303 e. The number of carboxylic acid groups (broad SMARTS) is 1. The summed E-state index contributed by atoms with van der Waals surface area (Å²) in [5.74, 6) is -0.792. The van der Waals surface area contributed by atoms with Crippen LogP contribution in [0.2, 0.25) is 0 Å². The summed E-state index contributed by atoms with van der Waals surface area (Å²) in [7, 11) is 2.17. The van der Waals surface area contributed by atoms with E-state index in [9.17, 15) is 4.79 Å². The SMILES string of the molecule is CN1CCN(CCc2ccc(C(N)CCC(=O)O)cc2)CC1. The molecule has 1 saturated heterocycles. The van der Waals surface area contributed by atoms with Crippen LogP contribution in [0.15, 0.2) is 24.3 Å². The molecule has 1 aliphatic rings. The second-order valence-corrected chi connectivity index (χ2v) is 6.18. The van der Waals surface area contributed by atoms with E-state index in [2.05, 4.69) is 29.0 Å². The summed E-state index contributed by atoms with van der Waals surface area (Å²) in [6.45, 7) is 5.69. The maximum atomic E-state index is 10.6. The van der Waals surface area contributed by atoms with Crippen molar-refractivity contribution in [3.63, 3.8) is 0 Å². The normalized spacial score (nSPS) is 18.3. The van der Waals surface area contributed by atoms with E-state index in [0.29, 0.717) is 6.42 Å². The lowest BCUT2D eigenvalue weighted by Gasteiger charge is -2.32. The van der Waals surface area contributed by atoms with Crippen LogP contribution in [0, 0.1) is 0 Å². The van der Waals surface area contributed by atoms with Crippen molar-refractivity contribution in [2.75, 3.05) is 39.8 Å². The first-order chi connectivity index (χ1) is 10.5. The van der Waals surface area contributed by atoms with Gasteiger partial charge in [0.15, 0.2) is 0 Å². The molecule has 1 fully saturated rings.